The van der Waals surface area contributed by atoms with E-state index in [1.807, 2.05) is 0 Å². The van der Waals surface area contributed by atoms with Crippen LogP contribution in [0.5, 0.6) is 0 Å². The van der Waals surface area contributed by atoms with Crippen LogP contribution in [-0.2, 0) is 9.53 Å². The molecule has 1 aliphatic heterocycles. The van der Waals surface area contributed by atoms with Gasteiger partial charge in [-0.15, -0.1) is 0 Å². The van der Waals surface area contributed by atoms with Crippen molar-refractivity contribution in [3.05, 3.63) is 81.3 Å². The average Bonchev–Trinajstić information content (AvgIpc) is 2.71. The lowest BCUT2D eigenvalue weighted by molar-refractivity contribution is -0.384. The van der Waals surface area contributed by atoms with Gasteiger partial charge in [-0.25, -0.2) is 4.79 Å². The van der Waals surface area contributed by atoms with E-state index in [2.05, 4.69) is 15.0 Å². The number of nitro groups is 1. The van der Waals surface area contributed by atoms with Crippen LogP contribution in [0.1, 0.15) is 25.3 Å². The number of pyridine rings is 1. The Hall–Kier alpha value is -3.69. The van der Waals surface area contributed by atoms with Gasteiger partial charge in [0.15, 0.2) is 6.61 Å². The number of esters is 1. The molecule has 0 saturated heterocycles. The molecule has 3 rings (SSSR count). The topological polar surface area (TPSA) is 94.4 Å². The number of aromatic nitrogens is 1. The molecule has 0 saturated carbocycles. The molecule has 2 heterocycles. The smallest absolute Gasteiger partial charge is 0.422 e. The van der Waals surface area contributed by atoms with Crippen LogP contribution >= 0.6 is 0 Å². The number of carbonyl (C=O) groups excluding carboxylic acids is 1. The third-order valence-electron chi connectivity index (χ3n) is 4.60. The quantitative estimate of drug-likeness (QED) is 0.420. The predicted octanol–water partition coefficient (Wildman–Crippen LogP) is 4.63. The number of nitro benzene ring substituents is 1. The first-order valence-corrected chi connectivity index (χ1v) is 9.16. The van der Waals surface area contributed by atoms with Crippen molar-refractivity contribution in [2.75, 3.05) is 6.61 Å². The Balaban J connectivity index is 1.90. The largest absolute Gasteiger partial charge is 0.453 e. The number of ether oxygens (including phenoxy) is 1. The maximum atomic E-state index is 12.5. The van der Waals surface area contributed by atoms with Crippen LogP contribution in [0.25, 0.3) is 11.3 Å². The molecule has 1 unspecified atom stereocenters. The summed E-state index contributed by atoms with van der Waals surface area (Å²) in [5, 5.41) is 13.9. The molecular formula is C21H18F3N3O4. The monoisotopic (exact) mass is 433 g/mol. The van der Waals surface area contributed by atoms with Crippen molar-refractivity contribution in [1.82, 2.24) is 10.3 Å². The number of nitrogens with one attached hydrogen (secondary N) is 1. The number of hydrogen-bond donors (Lipinski definition) is 1. The van der Waals surface area contributed by atoms with Gasteiger partial charge in [0, 0.05) is 41.2 Å². The number of alkyl halides is 3. The standard InChI is InChI=1S/C21H18F3N3O4/c1-12-8-17(19(13(2)26-12)20(28)31-11-21(22,23)24)15-6-7-18(25-10-15)14-4-3-5-16(9-14)27(29)30/h3-10,17,26H,11H2,1-2H3. The molecule has 1 N–H and O–H groups in total. The summed E-state index contributed by atoms with van der Waals surface area (Å²) < 4.78 is 41.9. The molecule has 0 radical (unpaired) electrons. The Morgan fingerprint density at radius 2 is 2.00 bits per heavy atom. The van der Waals surface area contributed by atoms with Crippen molar-refractivity contribution in [2.45, 2.75) is 25.9 Å². The van der Waals surface area contributed by atoms with Crippen LogP contribution in [0.4, 0.5) is 18.9 Å². The number of dihydropyridines is 1. The van der Waals surface area contributed by atoms with E-state index in [4.69, 9.17) is 0 Å². The van der Waals surface area contributed by atoms with Crippen molar-refractivity contribution < 1.29 is 27.6 Å². The second-order valence-corrected chi connectivity index (χ2v) is 6.97. The van der Waals surface area contributed by atoms with E-state index in [9.17, 15) is 28.1 Å². The fourth-order valence-electron chi connectivity index (χ4n) is 3.28. The van der Waals surface area contributed by atoms with Crippen molar-refractivity contribution in [2.24, 2.45) is 0 Å². The number of halogens is 3. The highest BCUT2D eigenvalue weighted by Gasteiger charge is 2.33. The minimum absolute atomic E-state index is 0.0553. The second-order valence-electron chi connectivity index (χ2n) is 6.97. The van der Waals surface area contributed by atoms with Gasteiger partial charge in [-0.1, -0.05) is 24.3 Å². The van der Waals surface area contributed by atoms with Crippen LogP contribution in [0.2, 0.25) is 0 Å². The van der Waals surface area contributed by atoms with E-state index < -0.39 is 29.6 Å². The molecule has 0 bridgehead atoms. The van der Waals surface area contributed by atoms with Crippen LogP contribution in [0.3, 0.4) is 0 Å². The highest BCUT2D eigenvalue weighted by molar-refractivity contribution is 5.92. The minimum Gasteiger partial charge on any atom is -0.453 e. The van der Waals surface area contributed by atoms with E-state index in [1.54, 1.807) is 44.2 Å². The fourth-order valence-corrected chi connectivity index (χ4v) is 3.28. The first kappa shape index (κ1) is 22.0. The number of nitrogens with zero attached hydrogens (tertiary/aromatic N) is 2. The number of rotatable bonds is 5. The zero-order chi connectivity index (χ0) is 22.8. The van der Waals surface area contributed by atoms with E-state index >= 15 is 0 Å². The summed E-state index contributed by atoms with van der Waals surface area (Å²) in [6, 6.07) is 9.28. The summed E-state index contributed by atoms with van der Waals surface area (Å²) in [5.74, 6) is -1.73. The number of non-ortho nitro benzene ring substituents is 1. The summed E-state index contributed by atoms with van der Waals surface area (Å²) in [6.45, 7) is 1.67. The van der Waals surface area contributed by atoms with Gasteiger partial charge in [0.1, 0.15) is 0 Å². The van der Waals surface area contributed by atoms with Crippen molar-refractivity contribution in [1.29, 1.82) is 0 Å². The van der Waals surface area contributed by atoms with E-state index in [1.165, 1.54) is 18.3 Å². The third kappa shape index (κ3) is 5.27. The fraction of sp³-hybridized carbons (Fsp3) is 0.238. The minimum atomic E-state index is -4.63. The highest BCUT2D eigenvalue weighted by atomic mass is 19.4. The molecule has 162 valence electrons. The summed E-state index contributed by atoms with van der Waals surface area (Å²) in [7, 11) is 0. The van der Waals surface area contributed by atoms with Crippen LogP contribution in [0, 0.1) is 10.1 Å². The van der Waals surface area contributed by atoms with Gasteiger partial charge in [-0.3, -0.25) is 15.1 Å². The summed E-state index contributed by atoms with van der Waals surface area (Å²) >= 11 is 0. The molecule has 1 aromatic heterocycles. The predicted molar refractivity (Wildman–Crippen MR) is 106 cm³/mol. The van der Waals surface area contributed by atoms with Crippen LogP contribution < -0.4 is 5.32 Å². The van der Waals surface area contributed by atoms with E-state index in [0.717, 1.165) is 5.70 Å². The summed E-state index contributed by atoms with van der Waals surface area (Å²) in [4.78, 5) is 27.2. The molecule has 0 amide bonds. The number of carbonyl (C=O) groups is 1. The van der Waals surface area contributed by atoms with Gasteiger partial charge in [-0.05, 0) is 25.5 Å². The van der Waals surface area contributed by atoms with Crippen molar-refractivity contribution >= 4 is 11.7 Å². The lowest BCUT2D eigenvalue weighted by Gasteiger charge is -2.26. The first-order valence-electron chi connectivity index (χ1n) is 9.16. The Morgan fingerprint density at radius 1 is 1.26 bits per heavy atom. The Morgan fingerprint density at radius 3 is 2.61 bits per heavy atom. The molecule has 0 spiro atoms. The normalized spacial score (nSPS) is 16.4. The molecular weight excluding hydrogens is 415 g/mol. The van der Waals surface area contributed by atoms with Crippen molar-refractivity contribution in [3.63, 3.8) is 0 Å². The molecule has 0 fully saturated rings. The van der Waals surface area contributed by atoms with E-state index in [0.29, 0.717) is 22.5 Å². The summed E-state index contributed by atoms with van der Waals surface area (Å²) in [5.41, 5.74) is 2.66. The summed E-state index contributed by atoms with van der Waals surface area (Å²) in [6.07, 6.45) is -1.45. The molecule has 1 aliphatic rings. The average molecular weight is 433 g/mol. The van der Waals surface area contributed by atoms with Gasteiger partial charge in [0.25, 0.3) is 5.69 Å². The van der Waals surface area contributed by atoms with Gasteiger partial charge in [0.2, 0.25) is 0 Å². The Kier molecular flexibility index (Phi) is 6.09. The van der Waals surface area contributed by atoms with Gasteiger partial charge in [-0.2, -0.15) is 13.2 Å². The molecule has 7 nitrogen and oxygen atoms in total. The molecule has 10 heteroatoms. The molecule has 0 aliphatic carbocycles. The SMILES string of the molecule is CC1=CC(c2ccc(-c3cccc([N+](=O)[O-])c3)nc2)C(C(=O)OCC(F)(F)F)=C(C)N1. The second kappa shape index (κ2) is 8.58. The third-order valence-corrected chi connectivity index (χ3v) is 4.60. The molecule has 2 aromatic rings. The Bertz CT molecular complexity index is 1080. The van der Waals surface area contributed by atoms with E-state index in [-0.39, 0.29) is 11.3 Å². The lowest BCUT2D eigenvalue weighted by Crippen LogP contribution is -2.28. The zero-order valence-corrected chi connectivity index (χ0v) is 16.6. The molecule has 1 atom stereocenters. The first-order chi connectivity index (χ1) is 14.5. The number of hydrogen-bond acceptors (Lipinski definition) is 6. The Labute approximate surface area is 175 Å². The maximum Gasteiger partial charge on any atom is 0.422 e. The highest BCUT2D eigenvalue weighted by Crippen LogP contribution is 2.34. The van der Waals surface area contributed by atoms with Gasteiger partial charge < -0.3 is 10.1 Å². The van der Waals surface area contributed by atoms with Crippen LogP contribution in [-0.4, -0.2) is 28.7 Å². The van der Waals surface area contributed by atoms with Gasteiger partial charge >= 0.3 is 12.1 Å². The zero-order valence-electron chi connectivity index (χ0n) is 16.6. The van der Waals surface area contributed by atoms with Gasteiger partial charge in [0.05, 0.1) is 16.2 Å². The number of allylic oxidation sites excluding steroid dienone is 3. The van der Waals surface area contributed by atoms with Crippen molar-refractivity contribution in [3.8, 4) is 11.3 Å². The lowest BCUT2D eigenvalue weighted by atomic mass is 9.87. The maximum absolute atomic E-state index is 12.5. The number of benzene rings is 1. The molecule has 31 heavy (non-hydrogen) atoms. The molecule has 1 aromatic carbocycles. The van der Waals surface area contributed by atoms with Crippen LogP contribution in [0.15, 0.2) is 65.6 Å².